The third-order valence-electron chi connectivity index (χ3n) is 5.59. The second-order valence-electron chi connectivity index (χ2n) is 7.59. The highest BCUT2D eigenvalue weighted by atomic mass is 16.5. The Hall–Kier alpha value is -4.05. The molecule has 1 aliphatic rings. The zero-order valence-corrected chi connectivity index (χ0v) is 17.5. The van der Waals surface area contributed by atoms with Gasteiger partial charge in [0.2, 0.25) is 0 Å². The number of ether oxygens (including phenoxy) is 1. The number of H-pyrrole nitrogens is 1. The van der Waals surface area contributed by atoms with Crippen molar-refractivity contribution < 1.29 is 9.53 Å². The summed E-state index contributed by atoms with van der Waals surface area (Å²) in [5, 5.41) is 7.94. The van der Waals surface area contributed by atoms with E-state index in [1.165, 1.54) is 0 Å². The van der Waals surface area contributed by atoms with Crippen LogP contribution in [-0.4, -0.2) is 57.4 Å². The first-order valence-electron chi connectivity index (χ1n) is 10.2. The van der Waals surface area contributed by atoms with Crippen LogP contribution in [0.5, 0.6) is 0 Å². The topological polar surface area (TPSA) is 149 Å². The molecule has 1 amide bonds. The molecule has 32 heavy (non-hydrogen) atoms. The van der Waals surface area contributed by atoms with Crippen LogP contribution in [0.1, 0.15) is 16.1 Å². The van der Waals surface area contributed by atoms with E-state index < -0.39 is 5.91 Å². The molecule has 0 radical (unpaired) electrons. The van der Waals surface area contributed by atoms with Crippen molar-refractivity contribution in [2.75, 3.05) is 36.9 Å². The van der Waals surface area contributed by atoms with Crippen molar-refractivity contribution in [3.63, 3.8) is 0 Å². The molecule has 10 heteroatoms. The molecular weight excluding hydrogens is 408 g/mol. The molecule has 0 spiro atoms. The fraction of sp³-hybridized carbons (Fsp3) is 0.227. The normalized spacial score (nSPS) is 14.1. The molecule has 1 fully saturated rings. The molecule has 0 bridgehead atoms. The van der Waals surface area contributed by atoms with E-state index in [2.05, 4.69) is 25.1 Å². The van der Waals surface area contributed by atoms with Crippen molar-refractivity contribution in [1.82, 2.24) is 25.1 Å². The van der Waals surface area contributed by atoms with Crippen molar-refractivity contribution in [3.8, 4) is 22.6 Å². The Morgan fingerprint density at radius 3 is 2.78 bits per heavy atom. The number of hydrogen-bond acceptors (Lipinski definition) is 8. The number of amides is 1. The Labute approximate surface area is 183 Å². The summed E-state index contributed by atoms with van der Waals surface area (Å²) in [4.78, 5) is 28.2. The van der Waals surface area contributed by atoms with E-state index in [9.17, 15) is 4.79 Å². The number of carbonyl (C=O) groups is 1. The number of benzene rings is 1. The van der Waals surface area contributed by atoms with Crippen LogP contribution in [0.25, 0.3) is 33.5 Å². The van der Waals surface area contributed by atoms with Gasteiger partial charge >= 0.3 is 0 Å². The SMILES string of the molecule is Cc1ccc2[nH]ncc2c1-c1nc(-c2cccnc2N2CCOCC2)nc(C(N)=O)c1N. The standard InChI is InChI=1S/C22H22N8O2/c1-12-4-5-15-14(11-26-29-15)16(12)18-17(23)19(20(24)31)28-21(27-18)13-3-2-6-25-22(13)30-7-9-32-10-8-30/h2-6,11H,7-10,23H2,1H3,(H2,24,31)(H,26,29). The lowest BCUT2D eigenvalue weighted by Gasteiger charge is -2.29. The molecular formula is C22H22N8O2. The lowest BCUT2D eigenvalue weighted by molar-refractivity contribution is 0.0996. The number of aromatic nitrogens is 5. The van der Waals surface area contributed by atoms with E-state index in [0.29, 0.717) is 43.4 Å². The Kier molecular flexibility index (Phi) is 4.91. The summed E-state index contributed by atoms with van der Waals surface area (Å²) in [6.07, 6.45) is 3.43. The van der Waals surface area contributed by atoms with E-state index >= 15 is 0 Å². The number of anilines is 2. The number of nitrogens with two attached hydrogens (primary N) is 2. The molecule has 10 nitrogen and oxygen atoms in total. The number of hydrogen-bond donors (Lipinski definition) is 3. The first-order chi connectivity index (χ1) is 15.5. The van der Waals surface area contributed by atoms with Gasteiger partial charge in [-0.2, -0.15) is 5.10 Å². The average molecular weight is 430 g/mol. The Balaban J connectivity index is 1.76. The van der Waals surface area contributed by atoms with Crippen molar-refractivity contribution in [2.45, 2.75) is 6.92 Å². The molecule has 0 aliphatic carbocycles. The molecule has 1 aromatic carbocycles. The number of nitrogen functional groups attached to an aromatic ring is 1. The van der Waals surface area contributed by atoms with Gasteiger partial charge in [-0.3, -0.25) is 9.89 Å². The summed E-state index contributed by atoms with van der Waals surface area (Å²) in [6.45, 7) is 4.57. The molecule has 4 aromatic rings. The highest BCUT2D eigenvalue weighted by Gasteiger charge is 2.24. The summed E-state index contributed by atoms with van der Waals surface area (Å²) in [7, 11) is 0. The maximum absolute atomic E-state index is 12.3. The number of fused-ring (bicyclic) bond motifs is 1. The molecule has 0 atom stereocenters. The number of nitrogens with zero attached hydrogens (tertiary/aromatic N) is 5. The third kappa shape index (κ3) is 3.30. The molecule has 162 valence electrons. The summed E-state index contributed by atoms with van der Waals surface area (Å²) in [6, 6.07) is 7.57. The van der Waals surface area contributed by atoms with Crippen LogP contribution in [0.15, 0.2) is 36.7 Å². The molecule has 3 aromatic heterocycles. The summed E-state index contributed by atoms with van der Waals surface area (Å²) < 4.78 is 5.47. The number of nitrogens with one attached hydrogen (secondary N) is 1. The van der Waals surface area contributed by atoms with Gasteiger partial charge in [-0.05, 0) is 30.7 Å². The molecule has 5 N–H and O–H groups in total. The van der Waals surface area contributed by atoms with E-state index in [1.54, 1.807) is 12.4 Å². The third-order valence-corrected chi connectivity index (χ3v) is 5.59. The monoisotopic (exact) mass is 430 g/mol. The first-order valence-corrected chi connectivity index (χ1v) is 10.2. The number of carbonyl (C=O) groups excluding carboxylic acids is 1. The average Bonchev–Trinajstić information content (AvgIpc) is 3.29. The van der Waals surface area contributed by atoms with Gasteiger partial charge in [0.25, 0.3) is 5.91 Å². The lowest BCUT2D eigenvalue weighted by atomic mass is 9.99. The molecule has 0 saturated carbocycles. The smallest absolute Gasteiger partial charge is 0.269 e. The van der Waals surface area contributed by atoms with Crippen molar-refractivity contribution in [3.05, 3.63) is 47.9 Å². The minimum absolute atomic E-state index is 0.0262. The predicted octanol–water partition coefficient (Wildman–Crippen LogP) is 1.91. The maximum atomic E-state index is 12.3. The van der Waals surface area contributed by atoms with Gasteiger partial charge in [-0.1, -0.05) is 6.07 Å². The number of primary amides is 1. The van der Waals surface area contributed by atoms with E-state index in [0.717, 1.165) is 27.8 Å². The zero-order chi connectivity index (χ0) is 22.2. The fourth-order valence-corrected chi connectivity index (χ4v) is 4.01. The summed E-state index contributed by atoms with van der Waals surface area (Å²) in [5.41, 5.74) is 15.8. The van der Waals surface area contributed by atoms with E-state index in [1.807, 2.05) is 31.2 Å². The molecule has 4 heterocycles. The zero-order valence-electron chi connectivity index (χ0n) is 17.5. The van der Waals surface area contributed by atoms with E-state index in [4.69, 9.17) is 21.2 Å². The van der Waals surface area contributed by atoms with Crippen molar-refractivity contribution >= 4 is 28.3 Å². The highest BCUT2D eigenvalue weighted by molar-refractivity contribution is 6.04. The second-order valence-corrected chi connectivity index (χ2v) is 7.59. The Morgan fingerprint density at radius 2 is 2.00 bits per heavy atom. The number of aromatic amines is 1. The lowest BCUT2D eigenvalue weighted by Crippen LogP contribution is -2.37. The van der Waals surface area contributed by atoms with Gasteiger partial charge < -0.3 is 21.1 Å². The van der Waals surface area contributed by atoms with Crippen LogP contribution in [0.4, 0.5) is 11.5 Å². The molecule has 5 rings (SSSR count). The number of aryl methyl sites for hydroxylation is 1. The van der Waals surface area contributed by atoms with Crippen LogP contribution in [-0.2, 0) is 4.74 Å². The van der Waals surface area contributed by atoms with Crippen LogP contribution >= 0.6 is 0 Å². The summed E-state index contributed by atoms with van der Waals surface area (Å²) in [5.74, 6) is 0.332. The van der Waals surface area contributed by atoms with Crippen LogP contribution in [0.2, 0.25) is 0 Å². The Morgan fingerprint density at radius 1 is 1.19 bits per heavy atom. The predicted molar refractivity (Wildman–Crippen MR) is 121 cm³/mol. The quantitative estimate of drug-likeness (QED) is 0.444. The Bertz CT molecular complexity index is 1330. The maximum Gasteiger partial charge on any atom is 0.269 e. The van der Waals surface area contributed by atoms with Crippen molar-refractivity contribution in [1.29, 1.82) is 0 Å². The van der Waals surface area contributed by atoms with Gasteiger partial charge in [0, 0.05) is 30.2 Å². The van der Waals surface area contributed by atoms with Crippen LogP contribution < -0.4 is 16.4 Å². The van der Waals surface area contributed by atoms with Crippen LogP contribution in [0.3, 0.4) is 0 Å². The van der Waals surface area contributed by atoms with Crippen molar-refractivity contribution in [2.24, 2.45) is 5.73 Å². The molecule has 1 saturated heterocycles. The minimum Gasteiger partial charge on any atom is -0.395 e. The molecule has 0 unspecified atom stereocenters. The number of morpholine rings is 1. The highest BCUT2D eigenvalue weighted by Crippen LogP contribution is 2.37. The van der Waals surface area contributed by atoms with Gasteiger partial charge in [-0.15, -0.1) is 0 Å². The van der Waals surface area contributed by atoms with Gasteiger partial charge in [0.05, 0.1) is 41.9 Å². The van der Waals surface area contributed by atoms with Gasteiger partial charge in [0.15, 0.2) is 11.5 Å². The second kappa shape index (κ2) is 7.89. The van der Waals surface area contributed by atoms with Gasteiger partial charge in [-0.25, -0.2) is 15.0 Å². The largest absolute Gasteiger partial charge is 0.395 e. The molecule has 1 aliphatic heterocycles. The number of rotatable bonds is 4. The fourth-order valence-electron chi connectivity index (χ4n) is 4.01. The number of pyridine rings is 1. The van der Waals surface area contributed by atoms with Gasteiger partial charge in [0.1, 0.15) is 5.82 Å². The van der Waals surface area contributed by atoms with E-state index in [-0.39, 0.29) is 11.4 Å². The minimum atomic E-state index is -0.721. The summed E-state index contributed by atoms with van der Waals surface area (Å²) >= 11 is 0. The van der Waals surface area contributed by atoms with Crippen LogP contribution in [0, 0.1) is 6.92 Å². The first kappa shape index (κ1) is 19.9.